The molecule has 0 atom stereocenters. The highest BCUT2D eigenvalue weighted by Gasteiger charge is 2.29. The van der Waals surface area contributed by atoms with Crippen molar-refractivity contribution in [3.8, 4) is 6.07 Å². The smallest absolute Gasteiger partial charge is 0.0717 e. The van der Waals surface area contributed by atoms with Crippen LogP contribution in [0.25, 0.3) is 0 Å². The first-order valence-corrected chi connectivity index (χ1v) is 11.8. The zero-order chi connectivity index (χ0) is 13.1. The third kappa shape index (κ3) is 3.87. The molecular weight excluding hydrogens is 371 g/mol. The van der Waals surface area contributed by atoms with Crippen LogP contribution >= 0.6 is 82.3 Å². The highest BCUT2D eigenvalue weighted by atomic mass is 32.3. The number of hydrogen-bond acceptors (Lipinski definition) is 8. The third-order valence-corrected chi connectivity index (χ3v) is 12.2. The summed E-state index contributed by atoms with van der Waals surface area (Å²) in [6.07, 6.45) is 0.631. The first kappa shape index (κ1) is 15.1. The van der Waals surface area contributed by atoms with Gasteiger partial charge in [-0.05, 0) is 5.41 Å². The molecule has 0 aliphatic carbocycles. The molecule has 3 rings (SSSR count). The molecule has 0 bridgehead atoms. The lowest BCUT2D eigenvalue weighted by Crippen LogP contribution is -1.88. The first-order chi connectivity index (χ1) is 9.36. The summed E-state index contributed by atoms with van der Waals surface area (Å²) in [5.41, 5.74) is 0. The van der Waals surface area contributed by atoms with E-state index >= 15 is 0 Å². The maximum atomic E-state index is 8.56. The van der Waals surface area contributed by atoms with Crippen molar-refractivity contribution in [2.75, 3.05) is 17.3 Å². The van der Waals surface area contributed by atoms with Gasteiger partial charge in [-0.3, -0.25) is 0 Å². The Bertz CT molecular complexity index is 494. The molecule has 0 saturated carbocycles. The van der Waals surface area contributed by atoms with Gasteiger partial charge in [0.2, 0.25) is 0 Å². The molecular formula is C11H9NS7. The van der Waals surface area contributed by atoms with Gasteiger partial charge >= 0.3 is 0 Å². The second-order valence-electron chi connectivity index (χ2n) is 3.46. The standard InChI is InChI=1S/C11H9NS7/c12-2-1-3-13-7-6-16-10(17-7)11-18-8-9(19-11)15-5-4-14-8/h6H,1,3-5H2. The largest absolute Gasteiger partial charge is 0.198 e. The van der Waals surface area contributed by atoms with Gasteiger partial charge < -0.3 is 0 Å². The molecule has 3 heterocycles. The molecule has 0 aromatic rings. The molecule has 3 aliphatic heterocycles. The third-order valence-electron chi connectivity index (χ3n) is 2.17. The minimum absolute atomic E-state index is 0.631. The Kier molecular flexibility index (Phi) is 5.89. The molecule has 0 aromatic carbocycles. The zero-order valence-electron chi connectivity index (χ0n) is 9.71. The number of nitriles is 1. The van der Waals surface area contributed by atoms with Crippen LogP contribution in [0.5, 0.6) is 0 Å². The lowest BCUT2D eigenvalue weighted by Gasteiger charge is -2.08. The summed E-state index contributed by atoms with van der Waals surface area (Å²) >= 11 is 13.4. The predicted octanol–water partition coefficient (Wildman–Crippen LogP) is 6.13. The Balaban J connectivity index is 1.58. The summed E-state index contributed by atoms with van der Waals surface area (Å²) < 4.78 is 7.24. The maximum absolute atomic E-state index is 8.56. The molecule has 0 spiro atoms. The fraction of sp³-hybridized carbons (Fsp3) is 0.364. The second kappa shape index (κ2) is 7.43. The zero-order valence-corrected chi connectivity index (χ0v) is 15.4. The fourth-order valence-electron chi connectivity index (χ4n) is 1.39. The van der Waals surface area contributed by atoms with Crippen molar-refractivity contribution in [1.29, 1.82) is 5.26 Å². The van der Waals surface area contributed by atoms with Crippen LogP contribution in [0.15, 0.2) is 26.6 Å². The van der Waals surface area contributed by atoms with Crippen LogP contribution in [0.2, 0.25) is 0 Å². The van der Waals surface area contributed by atoms with E-state index in [9.17, 15) is 0 Å². The maximum Gasteiger partial charge on any atom is 0.0717 e. The average Bonchev–Trinajstić information content (AvgIpc) is 3.04. The van der Waals surface area contributed by atoms with E-state index in [2.05, 4.69) is 11.5 Å². The van der Waals surface area contributed by atoms with Crippen LogP contribution in [0.3, 0.4) is 0 Å². The minimum Gasteiger partial charge on any atom is -0.198 e. The van der Waals surface area contributed by atoms with Crippen LogP contribution in [0, 0.1) is 11.3 Å². The molecule has 0 unspecified atom stereocenters. The number of hydrogen-bond donors (Lipinski definition) is 0. The van der Waals surface area contributed by atoms with Gasteiger partial charge in [0.15, 0.2) is 0 Å². The summed E-state index contributed by atoms with van der Waals surface area (Å²) in [5, 5.41) is 10.8. The van der Waals surface area contributed by atoms with Gasteiger partial charge in [0.25, 0.3) is 0 Å². The normalized spacial score (nSPS) is 22.6. The van der Waals surface area contributed by atoms with Crippen molar-refractivity contribution < 1.29 is 0 Å². The molecule has 100 valence electrons. The first-order valence-electron chi connectivity index (χ1n) is 5.51. The van der Waals surface area contributed by atoms with Gasteiger partial charge in [0, 0.05) is 23.7 Å². The summed E-state index contributed by atoms with van der Waals surface area (Å²) in [4.78, 5) is 0. The lowest BCUT2D eigenvalue weighted by molar-refractivity contribution is 1.24. The minimum atomic E-state index is 0.631. The van der Waals surface area contributed by atoms with E-state index in [1.807, 2.05) is 70.6 Å². The summed E-state index contributed by atoms with van der Waals surface area (Å²) in [6.45, 7) is 0. The van der Waals surface area contributed by atoms with Crippen molar-refractivity contribution in [3.63, 3.8) is 0 Å². The van der Waals surface area contributed by atoms with E-state index in [1.165, 1.54) is 32.7 Å². The Hall–Kier alpha value is 1.16. The van der Waals surface area contributed by atoms with Gasteiger partial charge in [-0.2, -0.15) is 5.26 Å². The molecule has 3 aliphatic rings. The lowest BCUT2D eigenvalue weighted by atomic mass is 10.6. The van der Waals surface area contributed by atoms with E-state index in [0.29, 0.717) is 6.42 Å². The Morgan fingerprint density at radius 2 is 1.79 bits per heavy atom. The van der Waals surface area contributed by atoms with E-state index in [4.69, 9.17) is 5.26 Å². The molecule has 0 saturated heterocycles. The van der Waals surface area contributed by atoms with Gasteiger partial charge in [0.05, 0.1) is 27.3 Å². The van der Waals surface area contributed by atoms with E-state index in [0.717, 1.165) is 5.75 Å². The summed E-state index contributed by atoms with van der Waals surface area (Å²) in [6, 6.07) is 2.20. The molecule has 0 radical (unpaired) electrons. The van der Waals surface area contributed by atoms with Crippen molar-refractivity contribution in [2.24, 2.45) is 0 Å². The van der Waals surface area contributed by atoms with Crippen LogP contribution in [0.1, 0.15) is 6.42 Å². The molecule has 8 heteroatoms. The highest BCUT2D eigenvalue weighted by molar-refractivity contribution is 8.43. The van der Waals surface area contributed by atoms with Crippen LogP contribution < -0.4 is 0 Å². The van der Waals surface area contributed by atoms with Crippen molar-refractivity contribution in [3.05, 3.63) is 26.6 Å². The molecule has 0 amide bonds. The Morgan fingerprint density at radius 1 is 1.05 bits per heavy atom. The quantitative estimate of drug-likeness (QED) is 0.540. The fourth-order valence-corrected chi connectivity index (χ4v) is 11.3. The number of nitrogens with zero attached hydrogens (tertiary/aromatic N) is 1. The van der Waals surface area contributed by atoms with Crippen molar-refractivity contribution in [1.82, 2.24) is 0 Å². The van der Waals surface area contributed by atoms with Crippen molar-refractivity contribution >= 4 is 82.3 Å². The Labute approximate surface area is 143 Å². The van der Waals surface area contributed by atoms with Crippen LogP contribution in [-0.4, -0.2) is 17.3 Å². The second-order valence-corrected chi connectivity index (χ2v) is 12.1. The van der Waals surface area contributed by atoms with Crippen LogP contribution in [-0.2, 0) is 0 Å². The van der Waals surface area contributed by atoms with Gasteiger partial charge in [-0.25, -0.2) is 0 Å². The summed E-state index contributed by atoms with van der Waals surface area (Å²) in [5.74, 6) is 3.39. The monoisotopic (exact) mass is 379 g/mol. The highest BCUT2D eigenvalue weighted by Crippen LogP contribution is 2.64. The Morgan fingerprint density at radius 3 is 2.47 bits per heavy atom. The molecule has 0 aromatic heterocycles. The predicted molar refractivity (Wildman–Crippen MR) is 100 cm³/mol. The SMILES string of the molecule is N#CCCSC1=CSC(=C2SC3=C(SCCS3)S2)S1. The summed E-state index contributed by atoms with van der Waals surface area (Å²) in [7, 11) is 0. The molecule has 19 heavy (non-hydrogen) atoms. The van der Waals surface area contributed by atoms with E-state index in [1.54, 1.807) is 11.8 Å². The van der Waals surface area contributed by atoms with E-state index < -0.39 is 0 Å². The van der Waals surface area contributed by atoms with Crippen molar-refractivity contribution in [2.45, 2.75) is 6.42 Å². The number of rotatable bonds is 3. The van der Waals surface area contributed by atoms with E-state index in [-0.39, 0.29) is 0 Å². The number of thioether (sulfide) groups is 7. The molecule has 0 N–H and O–H groups in total. The topological polar surface area (TPSA) is 23.8 Å². The van der Waals surface area contributed by atoms with Gasteiger partial charge in [-0.1, -0.05) is 47.0 Å². The van der Waals surface area contributed by atoms with Gasteiger partial charge in [0.1, 0.15) is 0 Å². The molecule has 1 nitrogen and oxygen atoms in total. The average molecular weight is 380 g/mol. The van der Waals surface area contributed by atoms with Crippen LogP contribution in [0.4, 0.5) is 0 Å². The van der Waals surface area contributed by atoms with Gasteiger partial charge in [-0.15, -0.1) is 35.3 Å². The molecule has 0 fully saturated rings.